The van der Waals surface area contributed by atoms with Crippen LogP contribution in [-0.2, 0) is 0 Å². The van der Waals surface area contributed by atoms with Crippen molar-refractivity contribution in [3.63, 3.8) is 0 Å². The Morgan fingerprint density at radius 1 is 1.16 bits per heavy atom. The summed E-state index contributed by atoms with van der Waals surface area (Å²) in [6, 6.07) is 9.68. The minimum atomic E-state index is 0.607. The molecule has 0 spiro atoms. The molecule has 0 amide bonds. The lowest BCUT2D eigenvalue weighted by Gasteiger charge is -2.11. The van der Waals surface area contributed by atoms with Crippen molar-refractivity contribution >= 4 is 23.8 Å². The Bertz CT molecular complexity index is 627. The van der Waals surface area contributed by atoms with Gasteiger partial charge in [-0.1, -0.05) is 36.7 Å². The van der Waals surface area contributed by atoms with Crippen LogP contribution >= 0.6 is 23.8 Å². The molecule has 1 N–H and O–H groups in total. The number of nitrogens with zero attached hydrogens (tertiary/aromatic N) is 1. The first-order chi connectivity index (χ1) is 9.22. The molecule has 3 rings (SSSR count). The fraction of sp³-hybridized carbons (Fsp3) is 0.333. The summed E-state index contributed by atoms with van der Waals surface area (Å²) >= 11 is 11.2. The molecule has 4 heteroatoms. The summed E-state index contributed by atoms with van der Waals surface area (Å²) in [5.74, 6) is 1.45. The lowest BCUT2D eigenvalue weighted by molar-refractivity contribution is 0.694. The Morgan fingerprint density at radius 3 is 2.53 bits per heavy atom. The summed E-state index contributed by atoms with van der Waals surface area (Å²) in [5.41, 5.74) is 2.25. The molecule has 0 saturated heterocycles. The van der Waals surface area contributed by atoms with Crippen molar-refractivity contribution in [2.75, 3.05) is 0 Å². The fourth-order valence-electron chi connectivity index (χ4n) is 2.68. The molecular weight excluding hydrogens is 276 g/mol. The third kappa shape index (κ3) is 2.88. The Labute approximate surface area is 122 Å². The van der Waals surface area contributed by atoms with Gasteiger partial charge in [0.25, 0.3) is 0 Å². The number of benzene rings is 1. The second-order valence-electron chi connectivity index (χ2n) is 5.01. The van der Waals surface area contributed by atoms with E-state index in [2.05, 4.69) is 9.97 Å². The molecule has 19 heavy (non-hydrogen) atoms. The highest BCUT2D eigenvalue weighted by atomic mass is 35.5. The smallest absolute Gasteiger partial charge is 0.139 e. The van der Waals surface area contributed by atoms with Gasteiger partial charge in [0.1, 0.15) is 10.5 Å². The summed E-state index contributed by atoms with van der Waals surface area (Å²) in [6.45, 7) is 0. The van der Waals surface area contributed by atoms with Crippen LogP contribution in [-0.4, -0.2) is 9.97 Å². The third-order valence-corrected chi connectivity index (χ3v) is 4.14. The maximum absolute atomic E-state index is 5.91. The quantitative estimate of drug-likeness (QED) is 0.778. The molecule has 1 saturated carbocycles. The van der Waals surface area contributed by atoms with Crippen molar-refractivity contribution in [3.8, 4) is 11.4 Å². The van der Waals surface area contributed by atoms with Gasteiger partial charge in [-0.2, -0.15) is 0 Å². The number of hydrogen-bond acceptors (Lipinski definition) is 2. The molecular formula is C15H15ClN2S. The maximum Gasteiger partial charge on any atom is 0.139 e. The van der Waals surface area contributed by atoms with E-state index in [0.717, 1.165) is 16.4 Å². The number of halogens is 1. The van der Waals surface area contributed by atoms with Crippen LogP contribution in [0.3, 0.4) is 0 Å². The average Bonchev–Trinajstić information content (AvgIpc) is 2.93. The van der Waals surface area contributed by atoms with Crippen LogP contribution in [0.1, 0.15) is 37.3 Å². The number of H-pyrrole nitrogens is 1. The van der Waals surface area contributed by atoms with E-state index >= 15 is 0 Å². The van der Waals surface area contributed by atoms with E-state index in [0.29, 0.717) is 10.6 Å². The van der Waals surface area contributed by atoms with Gasteiger partial charge in [-0.05, 0) is 49.1 Å². The molecule has 1 aromatic heterocycles. The van der Waals surface area contributed by atoms with E-state index in [4.69, 9.17) is 23.8 Å². The molecule has 0 unspecified atom stereocenters. The first kappa shape index (κ1) is 12.8. The predicted molar refractivity (Wildman–Crippen MR) is 81.1 cm³/mol. The van der Waals surface area contributed by atoms with E-state index in [9.17, 15) is 0 Å². The largest absolute Gasteiger partial charge is 0.343 e. The van der Waals surface area contributed by atoms with Gasteiger partial charge in [-0.25, -0.2) is 4.98 Å². The summed E-state index contributed by atoms with van der Waals surface area (Å²) in [6.07, 6.45) is 5.11. The molecule has 1 aromatic carbocycles. The molecule has 2 aromatic rings. The number of aromatic amines is 1. The average molecular weight is 291 g/mol. The van der Waals surface area contributed by atoms with Crippen molar-refractivity contribution in [1.29, 1.82) is 0 Å². The minimum Gasteiger partial charge on any atom is -0.343 e. The first-order valence-electron chi connectivity index (χ1n) is 6.59. The van der Waals surface area contributed by atoms with Crippen LogP contribution in [0.15, 0.2) is 30.3 Å². The summed E-state index contributed by atoms with van der Waals surface area (Å²) in [5, 5.41) is 0.731. The molecule has 2 nitrogen and oxygen atoms in total. The van der Waals surface area contributed by atoms with Gasteiger partial charge in [0.2, 0.25) is 0 Å². The van der Waals surface area contributed by atoms with E-state index in [1.54, 1.807) is 0 Å². The third-order valence-electron chi connectivity index (χ3n) is 3.68. The van der Waals surface area contributed by atoms with Crippen LogP contribution in [0.5, 0.6) is 0 Å². The van der Waals surface area contributed by atoms with E-state index < -0.39 is 0 Å². The van der Waals surface area contributed by atoms with Crippen LogP contribution in [0.2, 0.25) is 5.02 Å². The highest BCUT2D eigenvalue weighted by molar-refractivity contribution is 7.71. The van der Waals surface area contributed by atoms with Gasteiger partial charge < -0.3 is 4.98 Å². The molecule has 0 radical (unpaired) electrons. The molecule has 1 heterocycles. The van der Waals surface area contributed by atoms with Crippen molar-refractivity contribution in [2.24, 2.45) is 0 Å². The van der Waals surface area contributed by atoms with Crippen LogP contribution in [0, 0.1) is 4.64 Å². The molecule has 1 aliphatic rings. The fourth-order valence-corrected chi connectivity index (χ4v) is 3.02. The predicted octanol–water partition coefficient (Wildman–Crippen LogP) is 5.12. The SMILES string of the molecule is S=c1cc(C2CCCC2)[nH]c(-c2ccc(Cl)cc2)n1. The van der Waals surface area contributed by atoms with Crippen molar-refractivity contribution in [3.05, 3.63) is 45.7 Å². The standard InChI is InChI=1S/C15H15ClN2S/c16-12-7-5-11(6-8-12)15-17-13(9-14(19)18-15)10-3-1-2-4-10/h5-10H,1-4H2,(H,17,18,19). The monoisotopic (exact) mass is 290 g/mol. The van der Waals surface area contributed by atoms with E-state index in [1.807, 2.05) is 30.3 Å². The van der Waals surface area contributed by atoms with Gasteiger partial charge in [0.05, 0.1) is 0 Å². The summed E-state index contributed by atoms with van der Waals surface area (Å²) in [7, 11) is 0. The maximum atomic E-state index is 5.91. The Morgan fingerprint density at radius 2 is 1.84 bits per heavy atom. The van der Waals surface area contributed by atoms with Crippen molar-refractivity contribution in [2.45, 2.75) is 31.6 Å². The Balaban J connectivity index is 2.01. The zero-order valence-corrected chi connectivity index (χ0v) is 12.1. The highest BCUT2D eigenvalue weighted by Crippen LogP contribution is 2.33. The topological polar surface area (TPSA) is 28.7 Å². The number of hydrogen-bond donors (Lipinski definition) is 1. The number of rotatable bonds is 2. The van der Waals surface area contributed by atoms with Crippen molar-refractivity contribution in [1.82, 2.24) is 9.97 Å². The van der Waals surface area contributed by atoms with Crippen LogP contribution in [0.4, 0.5) is 0 Å². The zero-order valence-electron chi connectivity index (χ0n) is 10.5. The highest BCUT2D eigenvalue weighted by Gasteiger charge is 2.18. The van der Waals surface area contributed by atoms with Gasteiger partial charge in [0.15, 0.2) is 0 Å². The van der Waals surface area contributed by atoms with Gasteiger partial charge >= 0.3 is 0 Å². The number of aromatic nitrogens is 2. The summed E-state index contributed by atoms with van der Waals surface area (Å²) < 4.78 is 0.658. The second-order valence-corrected chi connectivity index (χ2v) is 5.87. The lowest BCUT2D eigenvalue weighted by Crippen LogP contribution is -2.00. The number of nitrogens with one attached hydrogen (secondary N) is 1. The van der Waals surface area contributed by atoms with E-state index in [-0.39, 0.29) is 0 Å². The molecule has 98 valence electrons. The minimum absolute atomic E-state index is 0.607. The van der Waals surface area contributed by atoms with Gasteiger partial charge in [-0.3, -0.25) is 0 Å². The molecule has 1 fully saturated rings. The molecule has 0 atom stereocenters. The van der Waals surface area contributed by atoms with Crippen LogP contribution in [0.25, 0.3) is 11.4 Å². The summed E-state index contributed by atoms with van der Waals surface area (Å²) in [4.78, 5) is 7.86. The van der Waals surface area contributed by atoms with E-state index in [1.165, 1.54) is 31.4 Å². The van der Waals surface area contributed by atoms with Crippen molar-refractivity contribution < 1.29 is 0 Å². The molecule has 1 aliphatic carbocycles. The Kier molecular flexibility index (Phi) is 3.67. The van der Waals surface area contributed by atoms with Gasteiger partial charge in [-0.15, -0.1) is 0 Å². The molecule has 0 bridgehead atoms. The Hall–Kier alpha value is -1.19. The lowest BCUT2D eigenvalue weighted by atomic mass is 10.0. The second kappa shape index (κ2) is 5.43. The normalized spacial score (nSPS) is 15.8. The van der Waals surface area contributed by atoms with Gasteiger partial charge in [0, 0.05) is 16.3 Å². The first-order valence-corrected chi connectivity index (χ1v) is 7.38. The molecule has 0 aliphatic heterocycles. The van der Waals surface area contributed by atoms with Crippen LogP contribution < -0.4 is 0 Å². The zero-order chi connectivity index (χ0) is 13.2.